The summed E-state index contributed by atoms with van der Waals surface area (Å²) in [5.74, 6) is 2.27. The highest BCUT2D eigenvalue weighted by molar-refractivity contribution is 5.88. The topological polar surface area (TPSA) is 139 Å². The van der Waals surface area contributed by atoms with Crippen molar-refractivity contribution in [2.24, 2.45) is 0 Å². The first-order valence-corrected chi connectivity index (χ1v) is 15.7. The predicted octanol–water partition coefficient (Wildman–Crippen LogP) is 5.07. The number of ether oxygens (including phenoxy) is 1. The van der Waals surface area contributed by atoms with Crippen LogP contribution in [0.25, 0.3) is 5.65 Å². The maximum Gasteiger partial charge on any atom is 0.320 e. The number of urea groups is 1. The first-order chi connectivity index (χ1) is 21.7. The second-order valence-corrected chi connectivity index (χ2v) is 14.1. The van der Waals surface area contributed by atoms with Gasteiger partial charge in [0.1, 0.15) is 29.3 Å². The summed E-state index contributed by atoms with van der Waals surface area (Å²) < 4.78 is 8.53. The number of carbonyl (C=O) groups excluding carboxylic acids is 2. The summed E-state index contributed by atoms with van der Waals surface area (Å²) in [6, 6.07) is 13.1. The lowest BCUT2D eigenvalue weighted by molar-refractivity contribution is -0.121. The van der Waals surface area contributed by atoms with E-state index in [2.05, 4.69) is 63.0 Å². The van der Waals surface area contributed by atoms with Crippen molar-refractivity contribution in [3.05, 3.63) is 77.1 Å². The van der Waals surface area contributed by atoms with Crippen molar-refractivity contribution in [1.29, 1.82) is 0 Å². The number of rotatable bonds is 8. The zero-order chi connectivity index (χ0) is 33.2. The molecule has 1 aliphatic carbocycles. The minimum Gasteiger partial charge on any atom is -0.484 e. The van der Waals surface area contributed by atoms with E-state index in [1.165, 1.54) is 0 Å². The smallest absolute Gasteiger partial charge is 0.320 e. The number of amides is 3. The fourth-order valence-corrected chi connectivity index (χ4v) is 5.50. The highest BCUT2D eigenvalue weighted by Crippen LogP contribution is 2.39. The molecule has 4 aromatic rings. The van der Waals surface area contributed by atoms with E-state index < -0.39 is 0 Å². The number of carbonyl (C=O) groups is 2. The number of nitrogens with one attached hydrogen (secondary N) is 3. The van der Waals surface area contributed by atoms with Gasteiger partial charge < -0.3 is 20.3 Å². The summed E-state index contributed by atoms with van der Waals surface area (Å²) in [7, 11) is 3.66. The molecule has 3 heterocycles. The van der Waals surface area contributed by atoms with Crippen molar-refractivity contribution in [2.45, 2.75) is 83.9 Å². The molecule has 12 nitrogen and oxygen atoms in total. The molecule has 0 fully saturated rings. The Balaban J connectivity index is 1.30. The number of hydrogen-bond acceptors (Lipinski definition) is 8. The summed E-state index contributed by atoms with van der Waals surface area (Å²) in [5.41, 5.74) is 3.12. The van der Waals surface area contributed by atoms with Crippen LogP contribution in [0.15, 0.2) is 48.7 Å². The van der Waals surface area contributed by atoms with Crippen molar-refractivity contribution >= 4 is 23.4 Å². The Bertz CT molecular complexity index is 1720. The summed E-state index contributed by atoms with van der Waals surface area (Å²) in [5, 5.41) is 17.6. The monoisotopic (exact) mass is 627 g/mol. The van der Waals surface area contributed by atoms with Gasteiger partial charge in [0, 0.05) is 16.9 Å². The molecule has 1 aromatic carbocycles. The molecule has 5 rings (SSSR count). The van der Waals surface area contributed by atoms with E-state index in [4.69, 9.17) is 4.74 Å². The van der Waals surface area contributed by atoms with E-state index in [1.807, 2.05) is 75.8 Å². The van der Waals surface area contributed by atoms with Crippen LogP contribution < -0.4 is 20.7 Å². The summed E-state index contributed by atoms with van der Waals surface area (Å²) in [4.78, 5) is 36.5. The van der Waals surface area contributed by atoms with Crippen LogP contribution in [0.3, 0.4) is 0 Å². The average molecular weight is 628 g/mol. The van der Waals surface area contributed by atoms with Crippen LogP contribution in [-0.2, 0) is 22.2 Å². The normalized spacial score (nSPS) is 16.6. The molecule has 0 saturated carbocycles. The second kappa shape index (κ2) is 13.0. The zero-order valence-corrected chi connectivity index (χ0v) is 28.0. The van der Waals surface area contributed by atoms with Crippen molar-refractivity contribution in [1.82, 2.24) is 40.1 Å². The standard InChI is InChI=1S/C34H45N9O3/c1-33(2,3)26-17-27(38-28(37-26)18-35-30(44)20-42(7)8)39-32(45)36-24-14-15-25(23-12-10-9-11-22(23)24)46-21-13-16-29-40-41-31(34(4,5)6)43(29)19-21/h9-13,16-17,19,24-25H,14-15,18,20H2,1-8H3,(H,35,44)(H2,36,37,38,39,45)/t24-,25+/m0/s1. The number of pyridine rings is 1. The van der Waals surface area contributed by atoms with Crippen LogP contribution in [0.4, 0.5) is 10.6 Å². The molecule has 0 unspecified atom stereocenters. The van der Waals surface area contributed by atoms with Crippen molar-refractivity contribution in [3.63, 3.8) is 0 Å². The number of fused-ring (bicyclic) bond motifs is 2. The van der Waals surface area contributed by atoms with Gasteiger partial charge >= 0.3 is 6.03 Å². The van der Waals surface area contributed by atoms with Crippen LogP contribution in [0, 0.1) is 0 Å². The lowest BCUT2D eigenvalue weighted by atomic mass is 9.85. The fraction of sp³-hybridized carbons (Fsp3) is 0.471. The lowest BCUT2D eigenvalue weighted by Gasteiger charge is -2.32. The highest BCUT2D eigenvalue weighted by Gasteiger charge is 2.30. The van der Waals surface area contributed by atoms with Gasteiger partial charge in [-0.15, -0.1) is 10.2 Å². The molecular formula is C34H45N9O3. The number of benzene rings is 1. The second-order valence-electron chi connectivity index (χ2n) is 14.1. The van der Waals surface area contributed by atoms with Gasteiger partial charge in [0.2, 0.25) is 5.91 Å². The number of aromatic nitrogens is 5. The average Bonchev–Trinajstić information content (AvgIpc) is 3.41. The SMILES string of the molecule is CN(C)CC(=O)NCc1nc(NC(=O)N[C@H]2CC[C@@H](Oc3ccc4nnc(C(C)(C)C)n4c3)c3ccccc32)cc(C(C)(C)C)n1. The van der Waals surface area contributed by atoms with Gasteiger partial charge in [-0.05, 0) is 50.2 Å². The fourth-order valence-electron chi connectivity index (χ4n) is 5.50. The molecule has 0 radical (unpaired) electrons. The lowest BCUT2D eigenvalue weighted by Crippen LogP contribution is -2.36. The molecule has 0 spiro atoms. The van der Waals surface area contributed by atoms with Gasteiger partial charge in [-0.1, -0.05) is 65.8 Å². The zero-order valence-electron chi connectivity index (χ0n) is 28.0. The molecule has 46 heavy (non-hydrogen) atoms. The van der Waals surface area contributed by atoms with Crippen molar-refractivity contribution in [3.8, 4) is 5.75 Å². The Labute approximate surface area is 270 Å². The van der Waals surface area contributed by atoms with Crippen LogP contribution in [0.1, 0.15) is 95.0 Å². The Hall–Kier alpha value is -4.58. The van der Waals surface area contributed by atoms with Crippen LogP contribution in [0.2, 0.25) is 0 Å². The quantitative estimate of drug-likeness (QED) is 0.246. The molecule has 0 aliphatic heterocycles. The molecular weight excluding hydrogens is 582 g/mol. The van der Waals surface area contributed by atoms with E-state index in [9.17, 15) is 9.59 Å². The minimum atomic E-state index is -0.368. The Kier molecular flexibility index (Phi) is 9.29. The first-order valence-electron chi connectivity index (χ1n) is 15.7. The summed E-state index contributed by atoms with van der Waals surface area (Å²) in [6.07, 6.45) is 3.18. The molecule has 1 aliphatic rings. The van der Waals surface area contributed by atoms with Gasteiger partial charge in [0.15, 0.2) is 5.65 Å². The van der Waals surface area contributed by atoms with Crippen molar-refractivity contribution < 1.29 is 14.3 Å². The first kappa shape index (κ1) is 32.8. The van der Waals surface area contributed by atoms with Gasteiger partial charge in [0.25, 0.3) is 0 Å². The third kappa shape index (κ3) is 7.79. The number of nitrogens with zero attached hydrogens (tertiary/aromatic N) is 6. The van der Waals surface area contributed by atoms with Gasteiger partial charge in [-0.2, -0.15) is 0 Å². The van der Waals surface area contributed by atoms with Gasteiger partial charge in [-0.3, -0.25) is 14.5 Å². The van der Waals surface area contributed by atoms with E-state index in [-0.39, 0.29) is 48.0 Å². The van der Waals surface area contributed by atoms with E-state index in [1.54, 1.807) is 11.0 Å². The molecule has 12 heteroatoms. The molecule has 3 amide bonds. The molecule has 0 saturated heterocycles. The van der Waals surface area contributed by atoms with Crippen LogP contribution in [-0.4, -0.2) is 62.0 Å². The van der Waals surface area contributed by atoms with E-state index in [0.29, 0.717) is 24.5 Å². The maximum atomic E-state index is 13.3. The highest BCUT2D eigenvalue weighted by atomic mass is 16.5. The molecule has 3 aromatic heterocycles. The number of hydrogen-bond donors (Lipinski definition) is 3. The van der Waals surface area contributed by atoms with Gasteiger partial charge in [0.05, 0.1) is 31.0 Å². The Morgan fingerprint density at radius 3 is 2.39 bits per heavy atom. The molecule has 2 atom stereocenters. The van der Waals surface area contributed by atoms with Crippen molar-refractivity contribution in [2.75, 3.05) is 26.0 Å². The van der Waals surface area contributed by atoms with Crippen LogP contribution in [0.5, 0.6) is 5.75 Å². The number of likely N-dealkylation sites (N-methyl/N-ethyl adjacent to an activating group) is 1. The van der Waals surface area contributed by atoms with Crippen LogP contribution >= 0.6 is 0 Å². The third-order valence-corrected chi connectivity index (χ3v) is 7.75. The maximum absolute atomic E-state index is 13.3. The Morgan fingerprint density at radius 1 is 0.957 bits per heavy atom. The minimum absolute atomic E-state index is 0.130. The third-order valence-electron chi connectivity index (χ3n) is 7.75. The van der Waals surface area contributed by atoms with E-state index in [0.717, 1.165) is 34.0 Å². The molecule has 244 valence electrons. The molecule has 3 N–H and O–H groups in total. The number of anilines is 1. The molecule has 0 bridgehead atoms. The summed E-state index contributed by atoms with van der Waals surface area (Å²) in [6.45, 7) is 12.9. The van der Waals surface area contributed by atoms with Gasteiger partial charge in [-0.25, -0.2) is 14.8 Å². The van der Waals surface area contributed by atoms with E-state index >= 15 is 0 Å². The largest absolute Gasteiger partial charge is 0.484 e. The Morgan fingerprint density at radius 2 is 1.70 bits per heavy atom. The summed E-state index contributed by atoms with van der Waals surface area (Å²) >= 11 is 0. The predicted molar refractivity (Wildman–Crippen MR) is 177 cm³/mol.